The van der Waals surface area contributed by atoms with Gasteiger partial charge < -0.3 is 35.5 Å². The molecule has 38 heavy (non-hydrogen) atoms. The molecule has 1 aromatic rings. The van der Waals surface area contributed by atoms with Crippen LogP contribution in [0.4, 0.5) is 5.69 Å². The first kappa shape index (κ1) is 27.3. The highest BCUT2D eigenvalue weighted by molar-refractivity contribution is 6.26. The first-order chi connectivity index (χ1) is 17.5. The van der Waals surface area contributed by atoms with Crippen LogP contribution in [-0.2, 0) is 20.8 Å². The van der Waals surface area contributed by atoms with Crippen molar-refractivity contribution in [2.24, 2.45) is 0 Å². The molecule has 11 nitrogen and oxygen atoms in total. The monoisotopic (exact) mass is 526 g/mol. The van der Waals surface area contributed by atoms with Crippen molar-refractivity contribution in [1.82, 2.24) is 4.90 Å². The molecule has 6 N–H and O–H groups in total. The summed E-state index contributed by atoms with van der Waals surface area (Å²) in [6, 6.07) is -0.174. The number of anilines is 1. The van der Waals surface area contributed by atoms with Gasteiger partial charge in [-0.1, -0.05) is 5.92 Å². The van der Waals surface area contributed by atoms with Crippen LogP contribution < -0.4 is 4.90 Å². The van der Waals surface area contributed by atoms with E-state index in [1.807, 2.05) is 0 Å². The van der Waals surface area contributed by atoms with Crippen molar-refractivity contribution in [3.05, 3.63) is 39.7 Å². The molecule has 4 rings (SSSR count). The van der Waals surface area contributed by atoms with Crippen LogP contribution >= 0.6 is 0 Å². The molecular weight excluding hydrogens is 496 g/mol. The van der Waals surface area contributed by atoms with Gasteiger partial charge in [0.15, 0.2) is 11.6 Å². The molecule has 0 bridgehead atoms. The molecule has 3 aliphatic rings. The molecule has 11 heteroatoms. The zero-order chi connectivity index (χ0) is 28.7. The van der Waals surface area contributed by atoms with E-state index in [0.717, 1.165) is 6.92 Å². The average molecular weight is 527 g/mol. The number of carbonyl (C=O) groups is 3. The summed E-state index contributed by atoms with van der Waals surface area (Å²) >= 11 is 0. The van der Waals surface area contributed by atoms with Gasteiger partial charge in [0.05, 0.1) is 16.7 Å². The summed E-state index contributed by atoms with van der Waals surface area (Å²) < 4.78 is 0. The number of Topliss-reactive ketones (excluding diaryl/α,β-unsaturated/α-hetero) is 3. The number of aromatic hydroxyl groups is 1. The number of aliphatic hydroxyl groups excluding tert-OH is 2. The minimum atomic E-state index is -3.27. The number of rotatable bonds is 3. The van der Waals surface area contributed by atoms with Crippen molar-refractivity contribution in [2.75, 3.05) is 33.1 Å². The number of phenolic OH excluding ortho intramolecular Hbond substituents is 1. The summed E-state index contributed by atoms with van der Waals surface area (Å²) in [5, 5.41) is 68.9. The van der Waals surface area contributed by atoms with Gasteiger partial charge >= 0.3 is 0 Å². The Balaban J connectivity index is 2.13. The molecule has 4 atom stereocenters. The minimum Gasteiger partial charge on any atom is -0.508 e. The summed E-state index contributed by atoms with van der Waals surface area (Å²) in [7, 11) is 6.10. The van der Waals surface area contributed by atoms with E-state index in [0.29, 0.717) is 5.69 Å². The first-order valence-electron chi connectivity index (χ1n) is 11.8. The van der Waals surface area contributed by atoms with Gasteiger partial charge in [0, 0.05) is 32.6 Å². The summed E-state index contributed by atoms with van der Waals surface area (Å²) in [5.74, 6) is -0.848. The van der Waals surface area contributed by atoms with Crippen molar-refractivity contribution in [1.29, 1.82) is 0 Å². The second kappa shape index (κ2) is 8.41. The van der Waals surface area contributed by atoms with Gasteiger partial charge in [0.25, 0.3) is 0 Å². The van der Waals surface area contributed by atoms with Crippen LogP contribution in [-0.4, -0.2) is 104 Å². The molecule has 0 aliphatic heterocycles. The number of hydrogen-bond donors (Lipinski definition) is 6. The van der Waals surface area contributed by atoms with Gasteiger partial charge in [0.2, 0.25) is 11.4 Å². The van der Waals surface area contributed by atoms with Crippen LogP contribution in [0.5, 0.6) is 5.75 Å². The van der Waals surface area contributed by atoms with Crippen molar-refractivity contribution < 1.29 is 45.0 Å². The van der Waals surface area contributed by atoms with Crippen molar-refractivity contribution in [3.63, 3.8) is 0 Å². The number of benzene rings is 1. The summed E-state index contributed by atoms with van der Waals surface area (Å²) in [6.07, 6.45) is -1.29. The third-order valence-electron chi connectivity index (χ3n) is 7.67. The average Bonchev–Trinajstić information content (AvgIpc) is 2.77. The smallest absolute Gasteiger partial charge is 0.216 e. The predicted octanol–water partition coefficient (Wildman–Crippen LogP) is -0.265. The zero-order valence-corrected chi connectivity index (χ0v) is 21.9. The Hall–Kier alpha value is -3.69. The summed E-state index contributed by atoms with van der Waals surface area (Å²) in [5.41, 5.74) is -9.47. The number of hydrogen-bond acceptors (Lipinski definition) is 11. The fourth-order valence-electron chi connectivity index (χ4n) is 6.17. The van der Waals surface area contributed by atoms with Crippen LogP contribution in [0.1, 0.15) is 37.0 Å². The zero-order valence-electron chi connectivity index (χ0n) is 21.9. The standard InChI is InChI=1S/C27H30N2O9/c1-7-8-13-9-15(28(3)4)14-10-25(36)11-26(37)22(29(5)6)21(33)16(12(2)30)23(34)27(26,38)24(35)18(25)20(32)17(14)19(13)31/h9,22,31-32,34,36-38H,10-11H2,1-6H3. The van der Waals surface area contributed by atoms with Crippen LogP contribution in [0.25, 0.3) is 5.76 Å². The maximum absolute atomic E-state index is 14.0. The van der Waals surface area contributed by atoms with E-state index in [4.69, 9.17) is 0 Å². The Morgan fingerprint density at radius 1 is 1.08 bits per heavy atom. The molecule has 1 fully saturated rings. The topological polar surface area (TPSA) is 179 Å². The Kier molecular flexibility index (Phi) is 6.05. The lowest BCUT2D eigenvalue weighted by molar-refractivity contribution is -0.216. The van der Waals surface area contributed by atoms with E-state index < -0.39 is 81.5 Å². The molecule has 0 amide bonds. The first-order valence-corrected chi connectivity index (χ1v) is 11.8. The van der Waals surface area contributed by atoms with E-state index in [2.05, 4.69) is 11.8 Å². The number of ketones is 3. The molecule has 0 aromatic heterocycles. The largest absolute Gasteiger partial charge is 0.508 e. The maximum atomic E-state index is 14.0. The molecular formula is C27H30N2O9. The second-order valence-corrected chi connectivity index (χ2v) is 10.5. The maximum Gasteiger partial charge on any atom is 0.216 e. The van der Waals surface area contributed by atoms with Crippen LogP contribution in [0.3, 0.4) is 0 Å². The number of fused-ring (bicyclic) bond motifs is 3. The van der Waals surface area contributed by atoms with Crippen molar-refractivity contribution in [3.8, 4) is 17.6 Å². The normalized spacial score (nSPS) is 30.4. The molecule has 4 unspecified atom stereocenters. The van der Waals surface area contributed by atoms with E-state index in [9.17, 15) is 45.0 Å². The lowest BCUT2D eigenvalue weighted by Gasteiger charge is -2.57. The third kappa shape index (κ3) is 3.21. The molecule has 1 aromatic carbocycles. The number of aliphatic hydroxyl groups is 5. The van der Waals surface area contributed by atoms with Crippen molar-refractivity contribution >= 4 is 28.8 Å². The van der Waals surface area contributed by atoms with E-state index in [1.54, 1.807) is 32.0 Å². The highest BCUT2D eigenvalue weighted by Gasteiger charge is 2.75. The van der Waals surface area contributed by atoms with Crippen LogP contribution in [0, 0.1) is 11.8 Å². The molecule has 0 radical (unpaired) electrons. The minimum absolute atomic E-state index is 0.128. The van der Waals surface area contributed by atoms with E-state index >= 15 is 0 Å². The SMILES string of the molecule is CC#Cc1cc(N(C)C)c2c(c1O)C(O)=C1C(=O)C3(O)C(O)=C(C(C)=O)C(=O)C(N(C)C)C3(O)CC1(O)C2. The molecule has 3 aliphatic carbocycles. The van der Waals surface area contributed by atoms with Crippen LogP contribution in [0.2, 0.25) is 0 Å². The highest BCUT2D eigenvalue weighted by atomic mass is 16.4. The van der Waals surface area contributed by atoms with E-state index in [-0.39, 0.29) is 16.7 Å². The van der Waals surface area contributed by atoms with Gasteiger partial charge in [-0.3, -0.25) is 19.3 Å². The molecule has 202 valence electrons. The van der Waals surface area contributed by atoms with Gasteiger partial charge in [-0.2, -0.15) is 0 Å². The molecule has 0 heterocycles. The van der Waals surface area contributed by atoms with Crippen LogP contribution in [0.15, 0.2) is 23.0 Å². The lowest BCUT2D eigenvalue weighted by Crippen LogP contribution is -2.79. The third-order valence-corrected chi connectivity index (χ3v) is 7.67. The molecule has 0 saturated heterocycles. The fraction of sp³-hybridized carbons (Fsp3) is 0.444. The predicted molar refractivity (Wildman–Crippen MR) is 136 cm³/mol. The number of phenols is 1. The molecule has 1 saturated carbocycles. The Bertz CT molecular complexity index is 1440. The van der Waals surface area contributed by atoms with Crippen molar-refractivity contribution in [2.45, 2.75) is 49.5 Å². The number of nitrogens with zero attached hydrogens (tertiary/aromatic N) is 2. The Labute approximate surface area is 218 Å². The second-order valence-electron chi connectivity index (χ2n) is 10.5. The molecule has 0 spiro atoms. The summed E-state index contributed by atoms with van der Waals surface area (Å²) in [4.78, 5) is 42.4. The van der Waals surface area contributed by atoms with Gasteiger partial charge in [-0.25, -0.2) is 0 Å². The number of likely N-dealkylation sites (N-methyl/N-ethyl adjacent to an activating group) is 1. The quantitative estimate of drug-likeness (QED) is 0.226. The van der Waals surface area contributed by atoms with Gasteiger partial charge in [-0.15, -0.1) is 5.92 Å². The van der Waals surface area contributed by atoms with Gasteiger partial charge in [-0.05, 0) is 39.6 Å². The highest BCUT2D eigenvalue weighted by Crippen LogP contribution is 2.57. The fourth-order valence-corrected chi connectivity index (χ4v) is 6.17. The number of carbonyl (C=O) groups excluding carboxylic acids is 3. The van der Waals surface area contributed by atoms with Gasteiger partial charge in [0.1, 0.15) is 40.1 Å². The summed E-state index contributed by atoms with van der Waals surface area (Å²) in [6.45, 7) is 2.50. The lowest BCUT2D eigenvalue weighted by atomic mass is 9.53. The Morgan fingerprint density at radius 3 is 2.18 bits per heavy atom. The Morgan fingerprint density at radius 2 is 1.68 bits per heavy atom. The van der Waals surface area contributed by atoms with E-state index in [1.165, 1.54) is 19.0 Å².